The van der Waals surface area contributed by atoms with Crippen molar-refractivity contribution in [3.63, 3.8) is 0 Å². The summed E-state index contributed by atoms with van der Waals surface area (Å²) in [7, 11) is -3.80. The number of hydrogen-bond donors (Lipinski definition) is 0. The zero-order valence-corrected chi connectivity index (χ0v) is 19.9. The Labute approximate surface area is 194 Å². The molecule has 8 heteroatoms. The number of sulfonamides is 1. The van der Waals surface area contributed by atoms with E-state index in [-0.39, 0.29) is 41.5 Å². The molecule has 4 rings (SSSR count). The minimum absolute atomic E-state index is 0.0100. The summed E-state index contributed by atoms with van der Waals surface area (Å²) in [4.78, 5) is 25.6. The maximum atomic E-state index is 13.1. The summed E-state index contributed by atoms with van der Waals surface area (Å²) in [6.07, 6.45) is 1.63. The normalized spacial score (nSPS) is 21.9. The Balaban J connectivity index is 1.48. The van der Waals surface area contributed by atoms with Gasteiger partial charge in [-0.15, -0.1) is 0 Å². The molecule has 2 aliphatic rings. The first-order chi connectivity index (χ1) is 15.6. The molecule has 1 aliphatic carbocycles. The van der Waals surface area contributed by atoms with Gasteiger partial charge in [0.05, 0.1) is 22.7 Å². The molecule has 0 aromatic heterocycles. The van der Waals surface area contributed by atoms with Gasteiger partial charge in [0.15, 0.2) is 6.10 Å². The summed E-state index contributed by atoms with van der Waals surface area (Å²) >= 11 is 0. The monoisotopic (exact) mass is 471 g/mol. The van der Waals surface area contributed by atoms with Crippen LogP contribution in [0.2, 0.25) is 0 Å². The van der Waals surface area contributed by atoms with Crippen molar-refractivity contribution in [3.05, 3.63) is 64.7 Å². The van der Waals surface area contributed by atoms with Gasteiger partial charge < -0.3 is 9.47 Å². The zero-order chi connectivity index (χ0) is 23.8. The van der Waals surface area contributed by atoms with E-state index >= 15 is 0 Å². The van der Waals surface area contributed by atoms with Crippen molar-refractivity contribution in [3.8, 4) is 0 Å². The lowest BCUT2D eigenvalue weighted by molar-refractivity contribution is -0.0440. The Bertz CT molecular complexity index is 1170. The Hall–Kier alpha value is -2.55. The van der Waals surface area contributed by atoms with Crippen molar-refractivity contribution in [1.29, 1.82) is 0 Å². The number of nitrogens with zero attached hydrogens (tertiary/aromatic N) is 1. The maximum absolute atomic E-state index is 13.1. The molecule has 1 saturated heterocycles. The highest BCUT2D eigenvalue weighted by Gasteiger charge is 2.32. The van der Waals surface area contributed by atoms with Crippen molar-refractivity contribution in [1.82, 2.24) is 4.31 Å². The average Bonchev–Trinajstić information content (AvgIpc) is 3.26. The van der Waals surface area contributed by atoms with E-state index in [1.807, 2.05) is 26.0 Å². The third-order valence-corrected chi connectivity index (χ3v) is 7.96. The number of esters is 1. The molecule has 0 N–H and O–H groups in total. The first-order valence-corrected chi connectivity index (χ1v) is 12.7. The Kier molecular flexibility index (Phi) is 6.70. The summed E-state index contributed by atoms with van der Waals surface area (Å²) in [6.45, 7) is 5.67. The standard InChI is InChI=1S/C25H29NO6S/c1-16-14-26(15-17(2)31-16)33(29,30)23-9-5-8-22(13-23)25(28)32-18(3)24(27)21-11-10-19-6-4-7-20(19)12-21/h5,8-13,16-18H,4,6-7,14-15H2,1-3H3. The van der Waals surface area contributed by atoms with E-state index < -0.39 is 22.1 Å². The molecule has 0 spiro atoms. The van der Waals surface area contributed by atoms with Crippen molar-refractivity contribution in [2.45, 2.75) is 63.2 Å². The van der Waals surface area contributed by atoms with Crippen LogP contribution in [0, 0.1) is 0 Å². The van der Waals surface area contributed by atoms with E-state index in [1.54, 1.807) is 6.07 Å². The van der Waals surface area contributed by atoms with Crippen LogP contribution in [-0.4, -0.2) is 55.9 Å². The van der Waals surface area contributed by atoms with Crippen LogP contribution in [0.4, 0.5) is 0 Å². The molecule has 3 atom stereocenters. The highest BCUT2D eigenvalue weighted by atomic mass is 32.2. The fraction of sp³-hybridized carbons (Fsp3) is 0.440. The number of morpholine rings is 1. The van der Waals surface area contributed by atoms with Gasteiger partial charge in [-0.05, 0) is 75.4 Å². The number of hydrogen-bond acceptors (Lipinski definition) is 6. The second-order valence-corrected chi connectivity index (χ2v) is 10.8. The van der Waals surface area contributed by atoms with Crippen LogP contribution in [0.15, 0.2) is 47.4 Å². The van der Waals surface area contributed by atoms with Gasteiger partial charge >= 0.3 is 5.97 Å². The lowest BCUT2D eigenvalue weighted by Crippen LogP contribution is -2.48. The predicted molar refractivity (Wildman–Crippen MR) is 123 cm³/mol. The first-order valence-electron chi connectivity index (χ1n) is 11.3. The number of rotatable bonds is 6. The third-order valence-electron chi connectivity index (χ3n) is 6.13. The average molecular weight is 472 g/mol. The number of carbonyl (C=O) groups excluding carboxylic acids is 2. The Morgan fingerprint density at radius 2 is 1.70 bits per heavy atom. The van der Waals surface area contributed by atoms with Gasteiger partial charge in [0.25, 0.3) is 0 Å². The second kappa shape index (κ2) is 9.37. The van der Waals surface area contributed by atoms with Gasteiger partial charge in [0, 0.05) is 18.7 Å². The van der Waals surface area contributed by atoms with Crippen LogP contribution in [0.3, 0.4) is 0 Å². The summed E-state index contributed by atoms with van der Waals surface area (Å²) in [5.41, 5.74) is 3.03. The molecule has 2 aromatic carbocycles. The van der Waals surface area contributed by atoms with E-state index in [2.05, 4.69) is 0 Å². The molecule has 0 bridgehead atoms. The number of Topliss-reactive ketones (excluding diaryl/α,β-unsaturated/α-hetero) is 1. The fourth-order valence-electron chi connectivity index (χ4n) is 4.50. The summed E-state index contributed by atoms with van der Waals surface area (Å²) in [5.74, 6) is -1.02. The van der Waals surface area contributed by atoms with Crippen LogP contribution >= 0.6 is 0 Å². The van der Waals surface area contributed by atoms with Gasteiger partial charge in [0.2, 0.25) is 15.8 Å². The van der Waals surface area contributed by atoms with E-state index in [1.165, 1.54) is 46.6 Å². The van der Waals surface area contributed by atoms with E-state index in [4.69, 9.17) is 9.47 Å². The van der Waals surface area contributed by atoms with E-state index in [9.17, 15) is 18.0 Å². The van der Waals surface area contributed by atoms with Crippen LogP contribution in [0.1, 0.15) is 59.0 Å². The molecule has 0 amide bonds. The zero-order valence-electron chi connectivity index (χ0n) is 19.1. The number of fused-ring (bicyclic) bond motifs is 1. The number of carbonyl (C=O) groups is 2. The van der Waals surface area contributed by atoms with Crippen molar-refractivity contribution >= 4 is 21.8 Å². The molecule has 33 heavy (non-hydrogen) atoms. The highest BCUT2D eigenvalue weighted by molar-refractivity contribution is 7.89. The molecule has 2 aromatic rings. The molecule has 1 heterocycles. The smallest absolute Gasteiger partial charge is 0.338 e. The topological polar surface area (TPSA) is 90.0 Å². The molecule has 0 saturated carbocycles. The highest BCUT2D eigenvalue weighted by Crippen LogP contribution is 2.25. The molecular formula is C25H29NO6S. The lowest BCUT2D eigenvalue weighted by Gasteiger charge is -2.34. The van der Waals surface area contributed by atoms with E-state index in [0.717, 1.165) is 19.3 Å². The van der Waals surface area contributed by atoms with Gasteiger partial charge in [-0.1, -0.05) is 18.2 Å². The summed E-state index contributed by atoms with van der Waals surface area (Å²) in [6, 6.07) is 11.4. The molecule has 7 nitrogen and oxygen atoms in total. The van der Waals surface area contributed by atoms with Crippen molar-refractivity contribution < 1.29 is 27.5 Å². The lowest BCUT2D eigenvalue weighted by atomic mass is 10.0. The second-order valence-electron chi connectivity index (χ2n) is 8.86. The molecule has 176 valence electrons. The van der Waals surface area contributed by atoms with Gasteiger partial charge in [-0.2, -0.15) is 4.31 Å². The molecule has 1 fully saturated rings. The minimum atomic E-state index is -3.80. The molecular weight excluding hydrogens is 442 g/mol. The Morgan fingerprint density at radius 3 is 2.42 bits per heavy atom. The number of aryl methyl sites for hydroxylation is 2. The fourth-order valence-corrected chi connectivity index (χ4v) is 6.14. The first kappa shape index (κ1) is 23.6. The quantitative estimate of drug-likeness (QED) is 0.474. The van der Waals surface area contributed by atoms with Gasteiger partial charge in [0.1, 0.15) is 0 Å². The van der Waals surface area contributed by atoms with Crippen LogP contribution in [0.25, 0.3) is 0 Å². The minimum Gasteiger partial charge on any atom is -0.451 e. The largest absolute Gasteiger partial charge is 0.451 e. The van der Waals surface area contributed by atoms with Crippen molar-refractivity contribution in [2.24, 2.45) is 0 Å². The Morgan fingerprint density at radius 1 is 1.00 bits per heavy atom. The van der Waals surface area contributed by atoms with Crippen molar-refractivity contribution in [2.75, 3.05) is 13.1 Å². The maximum Gasteiger partial charge on any atom is 0.338 e. The number of benzene rings is 2. The van der Waals surface area contributed by atoms with Crippen LogP contribution < -0.4 is 0 Å². The number of ketones is 1. The van der Waals surface area contributed by atoms with Gasteiger partial charge in [-0.25, -0.2) is 13.2 Å². The summed E-state index contributed by atoms with van der Waals surface area (Å²) in [5, 5.41) is 0. The number of ether oxygens (including phenoxy) is 2. The van der Waals surface area contributed by atoms with Crippen LogP contribution in [0.5, 0.6) is 0 Å². The SMILES string of the molecule is CC1CN(S(=O)(=O)c2cccc(C(=O)OC(C)C(=O)c3ccc4c(c3)CCC4)c2)CC(C)O1. The van der Waals surface area contributed by atoms with Crippen LogP contribution in [-0.2, 0) is 32.3 Å². The predicted octanol–water partition coefficient (Wildman–Crippen LogP) is 3.40. The third kappa shape index (κ3) is 5.03. The van der Waals surface area contributed by atoms with Gasteiger partial charge in [-0.3, -0.25) is 4.79 Å². The molecule has 0 radical (unpaired) electrons. The molecule has 3 unspecified atom stereocenters. The molecule has 1 aliphatic heterocycles. The summed E-state index contributed by atoms with van der Waals surface area (Å²) < 4.78 is 38.6. The van der Waals surface area contributed by atoms with E-state index in [0.29, 0.717) is 5.56 Å².